The minimum atomic E-state index is 0. The van der Waals surface area contributed by atoms with Crippen LogP contribution in [0.15, 0.2) is 138 Å². The van der Waals surface area contributed by atoms with E-state index in [-0.39, 0.29) is 20.1 Å². The molecule has 0 unspecified atom stereocenters. The molecule has 0 atom stereocenters. The van der Waals surface area contributed by atoms with Crippen molar-refractivity contribution in [2.24, 2.45) is 0 Å². The van der Waals surface area contributed by atoms with Crippen LogP contribution in [0.1, 0.15) is 11.3 Å². The Kier molecular flexibility index (Phi) is 8.21. The fraction of sp³-hybridized carbons (Fsp3) is 0.0488. The molecule has 229 valence electrons. The summed E-state index contributed by atoms with van der Waals surface area (Å²) in [7, 11) is 0. The molecule has 0 saturated heterocycles. The maximum Gasteiger partial charge on any atom is 0.120 e. The number of hydrogen-bond donors (Lipinski definition) is 0. The molecule has 5 nitrogen and oxygen atoms in total. The molecule has 0 aliphatic rings. The van der Waals surface area contributed by atoms with Gasteiger partial charge in [-0.1, -0.05) is 84.6 Å². The van der Waals surface area contributed by atoms with Crippen LogP contribution in [0.25, 0.3) is 72.2 Å². The number of aryl methyl sites for hydroxylation is 2. The van der Waals surface area contributed by atoms with Gasteiger partial charge in [0.2, 0.25) is 0 Å². The summed E-state index contributed by atoms with van der Waals surface area (Å²) in [5.41, 5.74) is 10.5. The van der Waals surface area contributed by atoms with Crippen LogP contribution in [0.4, 0.5) is 0 Å². The Morgan fingerprint density at radius 1 is 0.702 bits per heavy atom. The van der Waals surface area contributed by atoms with Crippen LogP contribution in [-0.4, -0.2) is 19.5 Å². The van der Waals surface area contributed by atoms with Crippen LogP contribution < -0.4 is 0 Å². The second kappa shape index (κ2) is 12.8. The molecule has 9 aromatic rings. The van der Waals surface area contributed by atoms with E-state index in [0.29, 0.717) is 0 Å². The Bertz CT molecular complexity index is 2450. The Balaban J connectivity index is 0.000000228. The van der Waals surface area contributed by atoms with E-state index >= 15 is 0 Å². The van der Waals surface area contributed by atoms with Crippen molar-refractivity contribution in [3.05, 3.63) is 157 Å². The van der Waals surface area contributed by atoms with Gasteiger partial charge < -0.3 is 14.0 Å². The first-order valence-corrected chi connectivity index (χ1v) is 15.2. The summed E-state index contributed by atoms with van der Waals surface area (Å²) in [5.74, 6) is 0.798. The monoisotopic (exact) mass is 785 g/mol. The molecule has 0 N–H and O–H groups in total. The first kappa shape index (κ1) is 30.2. The zero-order valence-electron chi connectivity index (χ0n) is 25.7. The van der Waals surface area contributed by atoms with Gasteiger partial charge in [0.25, 0.3) is 0 Å². The fourth-order valence-corrected chi connectivity index (χ4v) is 6.11. The zero-order chi connectivity index (χ0) is 31.0. The third-order valence-corrected chi connectivity index (χ3v) is 8.21. The van der Waals surface area contributed by atoms with Crippen molar-refractivity contribution in [3.63, 3.8) is 0 Å². The third-order valence-electron chi connectivity index (χ3n) is 8.21. The Morgan fingerprint density at radius 2 is 1.45 bits per heavy atom. The number of benzene rings is 5. The topological polar surface area (TPSA) is 56.7 Å². The normalized spacial score (nSPS) is 11.0. The van der Waals surface area contributed by atoms with E-state index in [0.717, 1.165) is 83.5 Å². The molecule has 0 amide bonds. The van der Waals surface area contributed by atoms with Crippen molar-refractivity contribution >= 4 is 43.9 Å². The predicted molar refractivity (Wildman–Crippen MR) is 186 cm³/mol. The first-order valence-electron chi connectivity index (χ1n) is 15.2. The second-order valence-electron chi connectivity index (χ2n) is 11.2. The van der Waals surface area contributed by atoms with Gasteiger partial charge >= 0.3 is 0 Å². The molecule has 0 fully saturated rings. The van der Waals surface area contributed by atoms with Gasteiger partial charge in [-0.05, 0) is 42.9 Å². The number of para-hydroxylation sites is 3. The minimum Gasteiger partial charge on any atom is -0.501 e. The van der Waals surface area contributed by atoms with Crippen molar-refractivity contribution in [1.82, 2.24) is 19.5 Å². The fourth-order valence-electron chi connectivity index (χ4n) is 6.11. The molecule has 5 aromatic carbocycles. The summed E-state index contributed by atoms with van der Waals surface area (Å²) in [4.78, 5) is 14.4. The van der Waals surface area contributed by atoms with Crippen LogP contribution in [0, 0.1) is 26.0 Å². The number of furan rings is 1. The zero-order valence-corrected chi connectivity index (χ0v) is 28.1. The van der Waals surface area contributed by atoms with E-state index in [2.05, 4.69) is 59.8 Å². The molecule has 6 heteroatoms. The number of fused-ring (bicyclic) bond motifs is 6. The van der Waals surface area contributed by atoms with Gasteiger partial charge in [0, 0.05) is 42.8 Å². The smallest absolute Gasteiger partial charge is 0.120 e. The van der Waals surface area contributed by atoms with E-state index in [1.165, 1.54) is 0 Å². The second-order valence-corrected chi connectivity index (χ2v) is 11.2. The molecular weight excluding hydrogens is 757 g/mol. The van der Waals surface area contributed by atoms with E-state index < -0.39 is 0 Å². The van der Waals surface area contributed by atoms with Crippen LogP contribution >= 0.6 is 0 Å². The number of aromatic nitrogens is 4. The number of imidazole rings is 1. The van der Waals surface area contributed by atoms with E-state index in [9.17, 15) is 0 Å². The van der Waals surface area contributed by atoms with E-state index in [1.807, 2.05) is 103 Å². The van der Waals surface area contributed by atoms with Gasteiger partial charge in [-0.25, -0.2) is 0 Å². The summed E-state index contributed by atoms with van der Waals surface area (Å²) < 4.78 is 8.62. The molecule has 47 heavy (non-hydrogen) atoms. The Hall–Kier alpha value is -5.42. The summed E-state index contributed by atoms with van der Waals surface area (Å²) >= 11 is 0. The van der Waals surface area contributed by atoms with Crippen LogP contribution in [0.2, 0.25) is 0 Å². The van der Waals surface area contributed by atoms with E-state index in [1.54, 1.807) is 6.20 Å². The molecule has 0 aliphatic carbocycles. The molecule has 1 radical (unpaired) electrons. The predicted octanol–water partition coefficient (Wildman–Crippen LogP) is 10.1. The standard InChI is InChI=1S/C30H20N3O.C11H8N.Ir/c1-18-16-17-23(29-26(18)22-13-7-9-15-25(22)34-29)30-32-27-21-12-6-8-14-24(21)31-19(2)28(27)33(30)20-10-4-3-5-11-20;1-2-6-10(7-3-1)11-8-4-5-9-12-11;/h3-16H,1-2H3;1-6,8-9H;/q2*-1;. The molecular formula is C41H28IrN4O-2. The van der Waals surface area contributed by atoms with Crippen molar-refractivity contribution in [2.75, 3.05) is 0 Å². The number of pyridine rings is 2. The molecule has 0 saturated carbocycles. The third kappa shape index (κ3) is 5.42. The number of hydrogen-bond acceptors (Lipinski definition) is 4. The minimum absolute atomic E-state index is 0. The maximum atomic E-state index is 6.42. The molecule has 4 aromatic heterocycles. The van der Waals surface area contributed by atoms with Crippen molar-refractivity contribution in [1.29, 1.82) is 0 Å². The van der Waals surface area contributed by atoms with Crippen molar-refractivity contribution in [2.45, 2.75) is 13.8 Å². The Morgan fingerprint density at radius 3 is 2.23 bits per heavy atom. The number of nitrogens with zero attached hydrogens (tertiary/aromatic N) is 4. The molecule has 0 spiro atoms. The molecule has 4 heterocycles. The van der Waals surface area contributed by atoms with Crippen LogP contribution in [-0.2, 0) is 20.1 Å². The van der Waals surface area contributed by atoms with Crippen molar-refractivity contribution in [3.8, 4) is 28.3 Å². The maximum absolute atomic E-state index is 6.42. The molecule has 0 aliphatic heterocycles. The average molecular weight is 785 g/mol. The molecule has 0 bridgehead atoms. The summed E-state index contributed by atoms with van der Waals surface area (Å²) in [5, 5.41) is 3.25. The van der Waals surface area contributed by atoms with Gasteiger partial charge in [0.15, 0.2) is 0 Å². The van der Waals surface area contributed by atoms with Gasteiger partial charge in [0.1, 0.15) is 5.58 Å². The summed E-state index contributed by atoms with van der Waals surface area (Å²) in [6.07, 6.45) is 1.79. The summed E-state index contributed by atoms with van der Waals surface area (Å²) in [6, 6.07) is 49.0. The van der Waals surface area contributed by atoms with Crippen molar-refractivity contribution < 1.29 is 24.5 Å². The first-order chi connectivity index (χ1) is 22.7. The number of rotatable bonds is 3. The van der Waals surface area contributed by atoms with E-state index in [4.69, 9.17) is 14.4 Å². The van der Waals surface area contributed by atoms with Gasteiger partial charge in [-0.2, -0.15) is 0 Å². The van der Waals surface area contributed by atoms with Crippen LogP contribution in [0.3, 0.4) is 0 Å². The average Bonchev–Trinajstić information content (AvgIpc) is 3.71. The van der Waals surface area contributed by atoms with Crippen LogP contribution in [0.5, 0.6) is 0 Å². The largest absolute Gasteiger partial charge is 0.501 e. The molecule has 9 rings (SSSR count). The summed E-state index contributed by atoms with van der Waals surface area (Å²) in [6.45, 7) is 4.15. The quantitative estimate of drug-likeness (QED) is 0.168. The van der Waals surface area contributed by atoms with Gasteiger partial charge in [-0.3, -0.25) is 9.97 Å². The van der Waals surface area contributed by atoms with Gasteiger partial charge in [-0.15, -0.1) is 53.6 Å². The Labute approximate surface area is 285 Å². The SMILES string of the molecule is Cc1c[c-]c(-c2nc3c4ccccc4nc(C)c3n2-c2ccccc2)c2oc3ccccc3c12.[Ir].[c-]1ccccc1-c1ccccn1. The van der Waals surface area contributed by atoms with Gasteiger partial charge in [0.05, 0.1) is 33.7 Å².